The van der Waals surface area contributed by atoms with Gasteiger partial charge in [0.05, 0.1) is 17.6 Å². The third-order valence-electron chi connectivity index (χ3n) is 6.26. The van der Waals surface area contributed by atoms with Crippen molar-refractivity contribution in [1.29, 1.82) is 0 Å². The molecule has 2 bridgehead atoms. The van der Waals surface area contributed by atoms with Crippen LogP contribution in [-0.4, -0.2) is 64.1 Å². The molecule has 2 aromatic heterocycles. The first kappa shape index (κ1) is 18.9. The number of fused-ring (bicyclic) bond motifs is 4. The summed E-state index contributed by atoms with van der Waals surface area (Å²) in [6.45, 7) is 6.17. The number of amides is 1. The van der Waals surface area contributed by atoms with E-state index in [2.05, 4.69) is 26.8 Å². The van der Waals surface area contributed by atoms with Crippen LogP contribution >= 0.6 is 0 Å². The summed E-state index contributed by atoms with van der Waals surface area (Å²) in [4.78, 5) is 30.0. The molecule has 1 aromatic carbocycles. The number of rotatable bonds is 4. The number of likely N-dealkylation sites (tertiary alicyclic amines) is 1. The van der Waals surface area contributed by atoms with Gasteiger partial charge in [0.1, 0.15) is 30.9 Å². The standard InChI is InChI=1S/C23H22N6O3/c1-2-21(30)29-12-15-10-16(29)11-28(15)20-6-4-17-22(27-20)23(25-13-24-17)26-14-3-5-18-19(9-14)32-8-7-31-18/h2-6,9,13,15-16H,1,7-8,10-12H2,(H,24,25,26)/t15-,16-/m0/s1. The van der Waals surface area contributed by atoms with Crippen LogP contribution in [0.4, 0.5) is 17.3 Å². The molecular weight excluding hydrogens is 408 g/mol. The van der Waals surface area contributed by atoms with Gasteiger partial charge in [0.15, 0.2) is 17.3 Å². The van der Waals surface area contributed by atoms with Crippen LogP contribution in [0.2, 0.25) is 0 Å². The van der Waals surface area contributed by atoms with Crippen molar-refractivity contribution in [3.05, 3.63) is 49.3 Å². The molecule has 6 rings (SSSR count). The Hall–Kier alpha value is -3.88. The molecule has 2 fully saturated rings. The SMILES string of the molecule is C=CC(=O)N1C[C@@H]2C[C@H]1CN2c1ccc2ncnc(Nc3ccc4c(c3)OCCO4)c2n1. The van der Waals surface area contributed by atoms with Gasteiger partial charge in [-0.3, -0.25) is 4.79 Å². The highest BCUT2D eigenvalue weighted by Gasteiger charge is 2.45. The molecule has 9 nitrogen and oxygen atoms in total. The third kappa shape index (κ3) is 3.08. The maximum absolute atomic E-state index is 12.1. The average Bonchev–Trinajstić information content (AvgIpc) is 3.45. The Bertz CT molecular complexity index is 1230. The Morgan fingerprint density at radius 3 is 2.78 bits per heavy atom. The van der Waals surface area contributed by atoms with E-state index in [4.69, 9.17) is 14.5 Å². The van der Waals surface area contributed by atoms with Gasteiger partial charge in [0, 0.05) is 24.8 Å². The molecule has 9 heteroatoms. The van der Waals surface area contributed by atoms with Gasteiger partial charge in [-0.25, -0.2) is 15.0 Å². The summed E-state index contributed by atoms with van der Waals surface area (Å²) < 4.78 is 11.3. The number of pyridine rings is 1. The van der Waals surface area contributed by atoms with Crippen molar-refractivity contribution in [1.82, 2.24) is 19.9 Å². The Labute approximate surface area is 184 Å². The molecule has 0 unspecified atom stereocenters. The van der Waals surface area contributed by atoms with Crippen LogP contribution in [0.5, 0.6) is 11.5 Å². The number of carbonyl (C=O) groups excluding carboxylic acids is 1. The number of benzene rings is 1. The first-order chi connectivity index (χ1) is 15.7. The first-order valence-corrected chi connectivity index (χ1v) is 10.7. The fraction of sp³-hybridized carbons (Fsp3) is 0.304. The van der Waals surface area contributed by atoms with E-state index < -0.39 is 0 Å². The number of nitrogens with one attached hydrogen (secondary N) is 1. The average molecular weight is 430 g/mol. The minimum atomic E-state index is 0.00272. The lowest BCUT2D eigenvalue weighted by molar-refractivity contribution is -0.127. The topological polar surface area (TPSA) is 92.7 Å². The van der Waals surface area contributed by atoms with Crippen LogP contribution in [0.25, 0.3) is 11.0 Å². The molecular formula is C23H22N6O3. The number of piperazine rings is 1. The van der Waals surface area contributed by atoms with Gasteiger partial charge >= 0.3 is 0 Å². The molecule has 0 spiro atoms. The summed E-state index contributed by atoms with van der Waals surface area (Å²) in [5.41, 5.74) is 2.29. The Kier molecular flexibility index (Phi) is 4.34. The summed E-state index contributed by atoms with van der Waals surface area (Å²) in [5, 5.41) is 3.35. The number of anilines is 3. The molecule has 0 radical (unpaired) electrons. The zero-order chi connectivity index (χ0) is 21.7. The largest absolute Gasteiger partial charge is 0.486 e. The lowest BCUT2D eigenvalue weighted by atomic mass is 10.2. The van der Waals surface area contributed by atoms with E-state index in [1.54, 1.807) is 0 Å². The second kappa shape index (κ2) is 7.37. The van der Waals surface area contributed by atoms with Crippen molar-refractivity contribution in [3.63, 3.8) is 0 Å². The highest BCUT2D eigenvalue weighted by Crippen LogP contribution is 2.36. The summed E-state index contributed by atoms with van der Waals surface area (Å²) in [7, 11) is 0. The Morgan fingerprint density at radius 2 is 1.97 bits per heavy atom. The van der Waals surface area contributed by atoms with Crippen LogP contribution in [0.1, 0.15) is 6.42 Å². The summed E-state index contributed by atoms with van der Waals surface area (Å²) >= 11 is 0. The van der Waals surface area contributed by atoms with Gasteiger partial charge in [-0.05, 0) is 36.8 Å². The quantitative estimate of drug-likeness (QED) is 0.632. The van der Waals surface area contributed by atoms with Crippen LogP contribution in [0, 0.1) is 0 Å². The maximum atomic E-state index is 12.1. The van der Waals surface area contributed by atoms with Crippen LogP contribution in [-0.2, 0) is 4.79 Å². The minimum Gasteiger partial charge on any atom is -0.486 e. The highest BCUT2D eigenvalue weighted by atomic mass is 16.6. The van der Waals surface area contributed by atoms with Crippen molar-refractivity contribution in [2.45, 2.75) is 18.5 Å². The summed E-state index contributed by atoms with van der Waals surface area (Å²) in [6.07, 6.45) is 3.87. The van der Waals surface area contributed by atoms with E-state index in [0.717, 1.165) is 35.7 Å². The predicted octanol–water partition coefficient (Wildman–Crippen LogP) is 2.52. The van der Waals surface area contributed by atoms with Gasteiger partial charge in [-0.1, -0.05) is 6.58 Å². The van der Waals surface area contributed by atoms with Crippen LogP contribution in [0.15, 0.2) is 49.3 Å². The molecule has 3 aliphatic rings. The van der Waals surface area contributed by atoms with E-state index >= 15 is 0 Å². The van der Waals surface area contributed by atoms with Crippen molar-refractivity contribution >= 4 is 34.3 Å². The van der Waals surface area contributed by atoms with E-state index in [1.165, 1.54) is 12.4 Å². The van der Waals surface area contributed by atoms with Crippen molar-refractivity contribution in [2.75, 3.05) is 36.5 Å². The smallest absolute Gasteiger partial charge is 0.246 e. The molecule has 32 heavy (non-hydrogen) atoms. The number of hydrogen-bond acceptors (Lipinski definition) is 8. The maximum Gasteiger partial charge on any atom is 0.246 e. The molecule has 3 aromatic rings. The number of ether oxygens (including phenoxy) is 2. The molecule has 2 atom stereocenters. The van der Waals surface area contributed by atoms with Gasteiger partial charge < -0.3 is 24.6 Å². The first-order valence-electron chi connectivity index (χ1n) is 10.7. The van der Waals surface area contributed by atoms with Crippen molar-refractivity contribution in [2.24, 2.45) is 0 Å². The highest BCUT2D eigenvalue weighted by molar-refractivity contribution is 5.89. The van der Waals surface area contributed by atoms with Crippen molar-refractivity contribution < 1.29 is 14.3 Å². The van der Waals surface area contributed by atoms with Gasteiger partial charge in [-0.15, -0.1) is 0 Å². The summed E-state index contributed by atoms with van der Waals surface area (Å²) in [5.74, 6) is 2.95. The van der Waals surface area contributed by atoms with E-state index in [1.807, 2.05) is 35.2 Å². The Morgan fingerprint density at radius 1 is 1.09 bits per heavy atom. The number of hydrogen-bond donors (Lipinski definition) is 1. The molecule has 5 heterocycles. The fourth-order valence-corrected chi connectivity index (χ4v) is 4.77. The van der Waals surface area contributed by atoms with E-state index in [9.17, 15) is 4.79 Å². The Balaban J connectivity index is 1.29. The monoisotopic (exact) mass is 430 g/mol. The lowest BCUT2D eigenvalue weighted by Crippen LogP contribution is -2.48. The molecule has 2 saturated heterocycles. The van der Waals surface area contributed by atoms with Gasteiger partial charge in [0.25, 0.3) is 0 Å². The van der Waals surface area contributed by atoms with E-state index in [-0.39, 0.29) is 18.0 Å². The zero-order valence-electron chi connectivity index (χ0n) is 17.4. The van der Waals surface area contributed by atoms with Crippen LogP contribution < -0.4 is 19.7 Å². The molecule has 1 N–H and O–H groups in total. The lowest BCUT2D eigenvalue weighted by Gasteiger charge is -2.34. The molecule has 0 aliphatic carbocycles. The predicted molar refractivity (Wildman–Crippen MR) is 119 cm³/mol. The number of aromatic nitrogens is 3. The molecule has 1 amide bonds. The molecule has 3 aliphatic heterocycles. The van der Waals surface area contributed by atoms with Gasteiger partial charge in [-0.2, -0.15) is 0 Å². The van der Waals surface area contributed by atoms with Gasteiger partial charge in [0.2, 0.25) is 5.91 Å². The molecule has 0 saturated carbocycles. The summed E-state index contributed by atoms with van der Waals surface area (Å²) in [6, 6.07) is 10.1. The minimum absolute atomic E-state index is 0.00272. The second-order valence-corrected chi connectivity index (χ2v) is 8.13. The van der Waals surface area contributed by atoms with Crippen LogP contribution in [0.3, 0.4) is 0 Å². The zero-order valence-corrected chi connectivity index (χ0v) is 17.4. The van der Waals surface area contributed by atoms with E-state index in [0.29, 0.717) is 36.8 Å². The normalized spacial score (nSPS) is 21.1. The second-order valence-electron chi connectivity index (χ2n) is 8.13. The number of nitrogens with zero attached hydrogens (tertiary/aromatic N) is 5. The third-order valence-corrected chi connectivity index (χ3v) is 6.26. The van der Waals surface area contributed by atoms with Crippen molar-refractivity contribution in [3.8, 4) is 11.5 Å². The fourth-order valence-electron chi connectivity index (χ4n) is 4.77. The number of carbonyl (C=O) groups is 1. The molecule has 162 valence electrons.